The SMILES string of the molecule is O=c1c([N+](=O)[O-])cc([N+](=O)[O-])cn1-c1ccc(Br)cc1. The molecule has 0 radical (unpaired) electrons. The summed E-state index contributed by atoms with van der Waals surface area (Å²) in [7, 11) is 0. The van der Waals surface area contributed by atoms with Crippen molar-refractivity contribution in [3.63, 3.8) is 0 Å². The Morgan fingerprint density at radius 1 is 1.05 bits per heavy atom. The molecule has 1 aromatic heterocycles. The second kappa shape index (κ2) is 5.21. The van der Waals surface area contributed by atoms with E-state index in [1.54, 1.807) is 12.1 Å². The number of pyridine rings is 1. The molecule has 102 valence electrons. The lowest BCUT2D eigenvalue weighted by Crippen LogP contribution is -2.21. The second-order valence-corrected chi connectivity index (χ2v) is 4.67. The molecule has 0 amide bonds. The summed E-state index contributed by atoms with van der Waals surface area (Å²) in [5.74, 6) is 0. The molecule has 0 aliphatic rings. The molecule has 0 bridgehead atoms. The smallest absolute Gasteiger partial charge is 0.272 e. The molecule has 1 aromatic carbocycles. The molecule has 0 aliphatic heterocycles. The number of rotatable bonds is 3. The van der Waals surface area contributed by atoms with Gasteiger partial charge in [0.05, 0.1) is 16.0 Å². The number of aromatic nitrogens is 1. The third kappa shape index (κ3) is 2.57. The van der Waals surface area contributed by atoms with Crippen LogP contribution in [-0.2, 0) is 0 Å². The van der Waals surface area contributed by atoms with E-state index in [9.17, 15) is 25.0 Å². The molecule has 0 saturated heterocycles. The predicted molar refractivity (Wildman–Crippen MR) is 73.0 cm³/mol. The largest absolute Gasteiger partial charge is 0.341 e. The normalized spacial score (nSPS) is 10.2. The number of nitrogens with zero attached hydrogens (tertiary/aromatic N) is 3. The summed E-state index contributed by atoms with van der Waals surface area (Å²) < 4.78 is 1.62. The van der Waals surface area contributed by atoms with Crippen LogP contribution in [0.1, 0.15) is 0 Å². The van der Waals surface area contributed by atoms with Crippen molar-refractivity contribution in [3.05, 3.63) is 71.6 Å². The molecule has 9 heteroatoms. The lowest BCUT2D eigenvalue weighted by molar-refractivity contribution is -0.395. The molecule has 0 saturated carbocycles. The molecule has 0 atom stereocenters. The van der Waals surface area contributed by atoms with Crippen LogP contribution in [0.15, 0.2) is 45.8 Å². The Kier molecular flexibility index (Phi) is 3.61. The molecule has 2 rings (SSSR count). The molecule has 20 heavy (non-hydrogen) atoms. The van der Waals surface area contributed by atoms with E-state index in [1.165, 1.54) is 12.1 Å². The standard InChI is InChI=1S/C11H6BrN3O5/c12-7-1-3-8(4-2-7)13-6-9(14(17)18)5-10(11(13)16)15(19)20/h1-6H. The van der Waals surface area contributed by atoms with Gasteiger partial charge in [-0.1, -0.05) is 15.9 Å². The molecule has 0 aliphatic carbocycles. The van der Waals surface area contributed by atoms with E-state index in [2.05, 4.69) is 15.9 Å². The van der Waals surface area contributed by atoms with Gasteiger partial charge in [-0.25, -0.2) is 0 Å². The Labute approximate surface area is 119 Å². The molecular weight excluding hydrogens is 334 g/mol. The van der Waals surface area contributed by atoms with Crippen LogP contribution in [0, 0.1) is 20.2 Å². The quantitative estimate of drug-likeness (QED) is 0.630. The third-order valence-corrected chi connectivity index (χ3v) is 3.02. The van der Waals surface area contributed by atoms with Crippen LogP contribution in [0.25, 0.3) is 5.69 Å². The number of benzene rings is 1. The first-order valence-corrected chi connectivity index (χ1v) is 6.01. The zero-order chi connectivity index (χ0) is 14.9. The Hall–Kier alpha value is -2.55. The van der Waals surface area contributed by atoms with Crippen LogP contribution in [0.5, 0.6) is 0 Å². The van der Waals surface area contributed by atoms with Crippen molar-refractivity contribution < 1.29 is 9.85 Å². The van der Waals surface area contributed by atoms with Crippen LogP contribution < -0.4 is 5.56 Å². The maximum absolute atomic E-state index is 12.0. The highest BCUT2D eigenvalue weighted by Crippen LogP contribution is 2.19. The number of hydrogen-bond acceptors (Lipinski definition) is 5. The number of nitro groups is 2. The van der Waals surface area contributed by atoms with E-state index in [4.69, 9.17) is 0 Å². The van der Waals surface area contributed by atoms with Gasteiger partial charge in [-0.3, -0.25) is 29.6 Å². The summed E-state index contributed by atoms with van der Waals surface area (Å²) in [4.78, 5) is 31.8. The minimum absolute atomic E-state index is 0.296. The molecule has 0 fully saturated rings. The second-order valence-electron chi connectivity index (χ2n) is 3.75. The topological polar surface area (TPSA) is 108 Å². The van der Waals surface area contributed by atoms with Gasteiger partial charge in [-0.15, -0.1) is 0 Å². The van der Waals surface area contributed by atoms with Gasteiger partial charge in [0, 0.05) is 10.2 Å². The highest BCUT2D eigenvalue weighted by molar-refractivity contribution is 9.10. The fourth-order valence-corrected chi connectivity index (χ4v) is 1.84. The highest BCUT2D eigenvalue weighted by Gasteiger charge is 2.22. The van der Waals surface area contributed by atoms with Crippen molar-refractivity contribution >= 4 is 27.3 Å². The summed E-state index contributed by atoms with van der Waals surface area (Å²) in [5.41, 5.74) is -2.01. The molecule has 1 heterocycles. The van der Waals surface area contributed by atoms with Gasteiger partial charge in [0.25, 0.3) is 5.69 Å². The minimum Gasteiger partial charge on any atom is -0.272 e. The van der Waals surface area contributed by atoms with Gasteiger partial charge in [-0.05, 0) is 24.3 Å². The highest BCUT2D eigenvalue weighted by atomic mass is 79.9. The first-order chi connectivity index (χ1) is 9.40. The Morgan fingerprint density at radius 3 is 2.15 bits per heavy atom. The fraction of sp³-hybridized carbons (Fsp3) is 0. The van der Waals surface area contributed by atoms with E-state index in [0.717, 1.165) is 15.2 Å². The predicted octanol–water partition coefficient (Wildman–Crippen LogP) is 2.42. The summed E-state index contributed by atoms with van der Waals surface area (Å²) >= 11 is 3.21. The zero-order valence-electron chi connectivity index (χ0n) is 9.72. The third-order valence-electron chi connectivity index (χ3n) is 2.50. The van der Waals surface area contributed by atoms with Crippen LogP contribution in [-0.4, -0.2) is 14.4 Å². The van der Waals surface area contributed by atoms with Crippen molar-refractivity contribution in [2.24, 2.45) is 0 Å². The van der Waals surface area contributed by atoms with Crippen LogP contribution in [0.4, 0.5) is 11.4 Å². The Balaban J connectivity index is 2.74. The van der Waals surface area contributed by atoms with Gasteiger partial charge in [0.1, 0.15) is 6.07 Å². The maximum atomic E-state index is 12.0. The fourth-order valence-electron chi connectivity index (χ4n) is 1.58. The van der Waals surface area contributed by atoms with E-state index in [1.807, 2.05) is 0 Å². The zero-order valence-corrected chi connectivity index (χ0v) is 11.3. The van der Waals surface area contributed by atoms with Gasteiger partial charge >= 0.3 is 11.2 Å². The van der Waals surface area contributed by atoms with E-state index in [-0.39, 0.29) is 0 Å². The average Bonchev–Trinajstić information content (AvgIpc) is 2.39. The molecule has 0 spiro atoms. The van der Waals surface area contributed by atoms with Crippen LogP contribution in [0.2, 0.25) is 0 Å². The Bertz CT molecular complexity index is 754. The van der Waals surface area contributed by atoms with E-state index in [0.29, 0.717) is 11.8 Å². The van der Waals surface area contributed by atoms with E-state index >= 15 is 0 Å². The summed E-state index contributed by atoms with van der Waals surface area (Å²) in [6, 6.07) is 6.91. The van der Waals surface area contributed by atoms with E-state index < -0.39 is 26.8 Å². The lowest BCUT2D eigenvalue weighted by atomic mass is 10.3. The summed E-state index contributed by atoms with van der Waals surface area (Å²) in [6.45, 7) is 0. The monoisotopic (exact) mass is 339 g/mol. The van der Waals surface area contributed by atoms with Crippen LogP contribution in [0.3, 0.4) is 0 Å². The summed E-state index contributed by atoms with van der Waals surface area (Å²) in [5, 5.41) is 21.6. The Morgan fingerprint density at radius 2 is 1.65 bits per heavy atom. The number of hydrogen-bond donors (Lipinski definition) is 0. The average molecular weight is 340 g/mol. The first-order valence-electron chi connectivity index (χ1n) is 5.21. The summed E-state index contributed by atoms with van der Waals surface area (Å²) in [6.07, 6.45) is 0.957. The molecular formula is C11H6BrN3O5. The van der Waals surface area contributed by atoms with Gasteiger partial charge < -0.3 is 0 Å². The van der Waals surface area contributed by atoms with Crippen molar-refractivity contribution in [1.82, 2.24) is 4.57 Å². The van der Waals surface area contributed by atoms with Gasteiger partial charge in [-0.2, -0.15) is 0 Å². The first kappa shape index (κ1) is 13.9. The molecule has 0 unspecified atom stereocenters. The minimum atomic E-state index is -0.940. The van der Waals surface area contributed by atoms with Gasteiger partial charge in [0.2, 0.25) is 0 Å². The van der Waals surface area contributed by atoms with Crippen molar-refractivity contribution in [3.8, 4) is 5.69 Å². The molecule has 2 aromatic rings. The van der Waals surface area contributed by atoms with Crippen molar-refractivity contribution in [1.29, 1.82) is 0 Å². The van der Waals surface area contributed by atoms with Crippen molar-refractivity contribution in [2.75, 3.05) is 0 Å². The maximum Gasteiger partial charge on any atom is 0.341 e. The van der Waals surface area contributed by atoms with Crippen LogP contribution >= 0.6 is 15.9 Å². The lowest BCUT2D eigenvalue weighted by Gasteiger charge is -2.05. The molecule has 8 nitrogen and oxygen atoms in total. The van der Waals surface area contributed by atoms with Gasteiger partial charge in [0.15, 0.2) is 0 Å². The molecule has 0 N–H and O–H groups in total. The van der Waals surface area contributed by atoms with Crippen molar-refractivity contribution in [2.45, 2.75) is 0 Å². The number of halogens is 1.